The minimum Gasteiger partial charge on any atom is -0.495 e. The summed E-state index contributed by atoms with van der Waals surface area (Å²) in [4.78, 5) is 12.1. The molecule has 0 saturated carbocycles. The largest absolute Gasteiger partial charge is 0.495 e. The van der Waals surface area contributed by atoms with Crippen LogP contribution in [0.1, 0.15) is 6.92 Å². The molecule has 0 aliphatic carbocycles. The predicted octanol–water partition coefficient (Wildman–Crippen LogP) is 3.27. The van der Waals surface area contributed by atoms with Crippen molar-refractivity contribution in [2.45, 2.75) is 13.0 Å². The van der Waals surface area contributed by atoms with E-state index in [9.17, 15) is 9.18 Å². The first-order chi connectivity index (χ1) is 10.1. The Morgan fingerprint density at radius 2 is 1.71 bits per heavy atom. The molecule has 0 saturated heterocycles. The minimum atomic E-state index is -0.541. The zero-order valence-corrected chi connectivity index (χ0v) is 11.9. The molecule has 4 nitrogen and oxygen atoms in total. The van der Waals surface area contributed by atoms with Gasteiger partial charge >= 0.3 is 0 Å². The van der Waals surface area contributed by atoms with Crippen molar-refractivity contribution in [3.05, 3.63) is 54.3 Å². The maximum atomic E-state index is 13.5. The first-order valence-corrected chi connectivity index (χ1v) is 6.56. The van der Waals surface area contributed by atoms with E-state index in [2.05, 4.69) is 10.6 Å². The summed E-state index contributed by atoms with van der Waals surface area (Å²) in [6.45, 7) is 1.70. The van der Waals surface area contributed by atoms with Gasteiger partial charge < -0.3 is 15.4 Å². The number of amides is 1. The van der Waals surface area contributed by atoms with Gasteiger partial charge in [0.2, 0.25) is 5.91 Å². The standard InChI is InChI=1S/C16H17FN2O2/c1-11(18-14-9-5-6-10-15(14)21-2)16(20)19-13-8-4-3-7-12(13)17/h3-11,18H,1-2H3,(H,19,20). The Labute approximate surface area is 122 Å². The van der Waals surface area contributed by atoms with Gasteiger partial charge in [0.25, 0.3) is 0 Å². The van der Waals surface area contributed by atoms with Crippen molar-refractivity contribution >= 4 is 17.3 Å². The second kappa shape index (κ2) is 6.74. The number of carbonyl (C=O) groups is 1. The lowest BCUT2D eigenvalue weighted by molar-refractivity contribution is -0.116. The van der Waals surface area contributed by atoms with Crippen molar-refractivity contribution in [3.63, 3.8) is 0 Å². The van der Waals surface area contributed by atoms with E-state index in [0.29, 0.717) is 11.4 Å². The highest BCUT2D eigenvalue weighted by molar-refractivity contribution is 5.96. The van der Waals surface area contributed by atoms with E-state index < -0.39 is 11.9 Å². The van der Waals surface area contributed by atoms with E-state index >= 15 is 0 Å². The van der Waals surface area contributed by atoms with E-state index in [0.717, 1.165) is 0 Å². The van der Waals surface area contributed by atoms with E-state index in [1.54, 1.807) is 32.2 Å². The van der Waals surface area contributed by atoms with Gasteiger partial charge in [0, 0.05) is 0 Å². The molecule has 1 amide bonds. The Bertz CT molecular complexity index is 631. The molecular formula is C16H17FN2O2. The highest BCUT2D eigenvalue weighted by Gasteiger charge is 2.15. The SMILES string of the molecule is COc1ccccc1NC(C)C(=O)Nc1ccccc1F. The zero-order valence-electron chi connectivity index (χ0n) is 11.9. The van der Waals surface area contributed by atoms with Crippen LogP contribution in [-0.4, -0.2) is 19.1 Å². The molecule has 0 aromatic heterocycles. The average Bonchev–Trinajstić information content (AvgIpc) is 2.50. The van der Waals surface area contributed by atoms with Gasteiger partial charge in [-0.15, -0.1) is 0 Å². The first-order valence-electron chi connectivity index (χ1n) is 6.56. The monoisotopic (exact) mass is 288 g/mol. The Kier molecular flexibility index (Phi) is 4.77. The number of nitrogens with one attached hydrogen (secondary N) is 2. The third-order valence-electron chi connectivity index (χ3n) is 3.00. The van der Waals surface area contributed by atoms with Crippen molar-refractivity contribution in [1.29, 1.82) is 0 Å². The lowest BCUT2D eigenvalue weighted by atomic mass is 10.2. The summed E-state index contributed by atoms with van der Waals surface area (Å²) >= 11 is 0. The molecular weight excluding hydrogens is 271 g/mol. The molecule has 2 aromatic carbocycles. The second-order valence-electron chi connectivity index (χ2n) is 4.54. The molecule has 2 rings (SSSR count). The van der Waals surface area contributed by atoms with Crippen LogP contribution in [0.5, 0.6) is 5.75 Å². The van der Waals surface area contributed by atoms with Crippen molar-refractivity contribution < 1.29 is 13.9 Å². The number of benzene rings is 2. The van der Waals surface area contributed by atoms with Gasteiger partial charge in [-0.3, -0.25) is 4.79 Å². The number of rotatable bonds is 5. The molecule has 1 unspecified atom stereocenters. The van der Waals surface area contributed by atoms with Crippen LogP contribution in [0.4, 0.5) is 15.8 Å². The molecule has 0 aliphatic rings. The quantitative estimate of drug-likeness (QED) is 0.887. The van der Waals surface area contributed by atoms with Gasteiger partial charge in [-0.25, -0.2) is 4.39 Å². The highest BCUT2D eigenvalue weighted by atomic mass is 19.1. The number of carbonyl (C=O) groups excluding carboxylic acids is 1. The van der Waals surface area contributed by atoms with E-state index in [1.807, 2.05) is 18.2 Å². The maximum absolute atomic E-state index is 13.5. The Morgan fingerprint density at radius 1 is 1.10 bits per heavy atom. The molecule has 0 heterocycles. The molecule has 5 heteroatoms. The van der Waals surface area contributed by atoms with Crippen LogP contribution in [-0.2, 0) is 4.79 Å². The van der Waals surface area contributed by atoms with Gasteiger partial charge in [-0.2, -0.15) is 0 Å². The number of methoxy groups -OCH3 is 1. The molecule has 0 radical (unpaired) electrons. The molecule has 1 atom stereocenters. The molecule has 0 aliphatic heterocycles. The smallest absolute Gasteiger partial charge is 0.246 e. The summed E-state index contributed by atoms with van der Waals surface area (Å²) in [5, 5.41) is 5.59. The lowest BCUT2D eigenvalue weighted by Crippen LogP contribution is -2.32. The van der Waals surface area contributed by atoms with Crippen LogP contribution in [0.25, 0.3) is 0 Å². The molecule has 0 fully saturated rings. The van der Waals surface area contributed by atoms with Gasteiger partial charge in [-0.1, -0.05) is 24.3 Å². The molecule has 110 valence electrons. The normalized spacial score (nSPS) is 11.6. The third-order valence-corrected chi connectivity index (χ3v) is 3.00. The summed E-state index contributed by atoms with van der Waals surface area (Å²) in [6, 6.07) is 12.8. The number of anilines is 2. The highest BCUT2D eigenvalue weighted by Crippen LogP contribution is 2.24. The van der Waals surface area contributed by atoms with Gasteiger partial charge in [0.05, 0.1) is 18.5 Å². The summed E-state index contributed by atoms with van der Waals surface area (Å²) < 4.78 is 18.7. The maximum Gasteiger partial charge on any atom is 0.246 e. The molecule has 2 aromatic rings. The van der Waals surface area contributed by atoms with Gasteiger partial charge in [0.1, 0.15) is 17.6 Å². The van der Waals surface area contributed by atoms with Crippen LogP contribution < -0.4 is 15.4 Å². The van der Waals surface area contributed by atoms with Crippen molar-refractivity contribution in [1.82, 2.24) is 0 Å². The molecule has 21 heavy (non-hydrogen) atoms. The summed E-state index contributed by atoms with van der Waals surface area (Å²) in [7, 11) is 1.56. The van der Waals surface area contributed by atoms with Gasteiger partial charge in [-0.05, 0) is 31.2 Å². The van der Waals surface area contributed by atoms with Crippen LogP contribution in [0.2, 0.25) is 0 Å². The number of hydrogen-bond donors (Lipinski definition) is 2. The predicted molar refractivity (Wildman–Crippen MR) is 81.1 cm³/mol. The zero-order chi connectivity index (χ0) is 15.2. The lowest BCUT2D eigenvalue weighted by Gasteiger charge is -2.17. The van der Waals surface area contributed by atoms with Crippen molar-refractivity contribution in [2.24, 2.45) is 0 Å². The number of para-hydroxylation sites is 3. The van der Waals surface area contributed by atoms with Crippen LogP contribution in [0.3, 0.4) is 0 Å². The van der Waals surface area contributed by atoms with E-state index in [1.165, 1.54) is 12.1 Å². The van der Waals surface area contributed by atoms with Crippen molar-refractivity contribution in [2.75, 3.05) is 17.7 Å². The molecule has 0 spiro atoms. The summed E-state index contributed by atoms with van der Waals surface area (Å²) in [5.41, 5.74) is 0.868. The Balaban J connectivity index is 2.05. The van der Waals surface area contributed by atoms with Gasteiger partial charge in [0.15, 0.2) is 0 Å². The number of hydrogen-bond acceptors (Lipinski definition) is 3. The topological polar surface area (TPSA) is 50.4 Å². The summed E-state index contributed by atoms with van der Waals surface area (Å²) in [5.74, 6) is -0.149. The fraction of sp³-hybridized carbons (Fsp3) is 0.188. The first kappa shape index (κ1) is 14.8. The Morgan fingerprint density at radius 3 is 2.38 bits per heavy atom. The van der Waals surface area contributed by atoms with E-state index in [4.69, 9.17) is 4.74 Å². The van der Waals surface area contributed by atoms with E-state index in [-0.39, 0.29) is 11.6 Å². The minimum absolute atomic E-state index is 0.163. The van der Waals surface area contributed by atoms with Crippen molar-refractivity contribution in [3.8, 4) is 5.75 Å². The fourth-order valence-corrected chi connectivity index (χ4v) is 1.87. The second-order valence-corrected chi connectivity index (χ2v) is 4.54. The summed E-state index contributed by atoms with van der Waals surface area (Å²) in [6.07, 6.45) is 0. The average molecular weight is 288 g/mol. The van der Waals surface area contributed by atoms with Crippen LogP contribution in [0, 0.1) is 5.82 Å². The molecule has 2 N–H and O–H groups in total. The number of halogens is 1. The fourth-order valence-electron chi connectivity index (χ4n) is 1.87. The number of ether oxygens (including phenoxy) is 1. The molecule has 0 bridgehead atoms. The van der Waals surface area contributed by atoms with Crippen LogP contribution >= 0.6 is 0 Å². The van der Waals surface area contributed by atoms with Crippen LogP contribution in [0.15, 0.2) is 48.5 Å². The third kappa shape index (κ3) is 3.72. The Hall–Kier alpha value is -2.56.